The molecule has 0 saturated heterocycles. The monoisotopic (exact) mass is 339 g/mol. The van der Waals surface area contributed by atoms with E-state index in [-0.39, 0.29) is 5.91 Å². The maximum atomic E-state index is 12.4. The molecule has 0 unspecified atom stereocenters. The molecule has 0 bridgehead atoms. The van der Waals surface area contributed by atoms with E-state index in [9.17, 15) is 4.79 Å². The third-order valence-electron chi connectivity index (χ3n) is 2.95. The highest BCUT2D eigenvalue weighted by Crippen LogP contribution is 2.32. The molecule has 5 nitrogen and oxygen atoms in total. The van der Waals surface area contributed by atoms with E-state index in [1.807, 2.05) is 12.1 Å². The van der Waals surface area contributed by atoms with Crippen molar-refractivity contribution in [3.05, 3.63) is 46.9 Å². The fraction of sp³-hybridized carbons (Fsp3) is 0.267. The number of nitrogens with one attached hydrogen (secondary N) is 2. The van der Waals surface area contributed by atoms with Crippen LogP contribution in [0.2, 0.25) is 5.02 Å². The zero-order valence-electron chi connectivity index (χ0n) is 12.6. The molecule has 0 aliphatic carbocycles. The van der Waals surface area contributed by atoms with E-state index in [2.05, 4.69) is 10.0 Å². The van der Waals surface area contributed by atoms with E-state index in [0.29, 0.717) is 22.8 Å². The van der Waals surface area contributed by atoms with E-state index in [4.69, 9.17) is 16.0 Å². The number of benzene rings is 1. The van der Waals surface area contributed by atoms with Crippen LogP contribution in [0.5, 0.6) is 0 Å². The van der Waals surface area contributed by atoms with Gasteiger partial charge >= 0.3 is 0 Å². The number of anilines is 1. The second-order valence-electron chi connectivity index (χ2n) is 4.77. The van der Waals surface area contributed by atoms with Crippen LogP contribution >= 0.6 is 23.5 Å². The molecular formula is C15H18ClN3O2S. The highest BCUT2D eigenvalue weighted by Gasteiger charge is 2.17. The van der Waals surface area contributed by atoms with Crippen molar-refractivity contribution in [1.29, 1.82) is 0 Å². The Morgan fingerprint density at radius 2 is 2.18 bits per heavy atom. The van der Waals surface area contributed by atoms with Crippen molar-refractivity contribution in [2.45, 2.75) is 11.4 Å². The van der Waals surface area contributed by atoms with Gasteiger partial charge in [0, 0.05) is 24.7 Å². The molecule has 118 valence electrons. The quantitative estimate of drug-likeness (QED) is 0.789. The summed E-state index contributed by atoms with van der Waals surface area (Å²) in [4.78, 5) is 14.7. The summed E-state index contributed by atoms with van der Waals surface area (Å²) in [6.07, 6.45) is 1.61. The van der Waals surface area contributed by atoms with E-state index in [1.165, 1.54) is 16.8 Å². The first kappa shape index (κ1) is 16.7. The van der Waals surface area contributed by atoms with Crippen LogP contribution in [-0.4, -0.2) is 32.0 Å². The Labute approximate surface area is 139 Å². The molecule has 0 atom stereocenters. The lowest BCUT2D eigenvalue weighted by Gasteiger charge is -2.17. The zero-order chi connectivity index (χ0) is 16.1. The summed E-state index contributed by atoms with van der Waals surface area (Å²) in [5.74, 6) is 0.699. The summed E-state index contributed by atoms with van der Waals surface area (Å²) < 4.78 is 8.26. The number of nitrogens with zero attached hydrogens (tertiary/aromatic N) is 1. The number of hydrogen-bond acceptors (Lipinski definition) is 5. The molecule has 0 aliphatic rings. The van der Waals surface area contributed by atoms with Crippen molar-refractivity contribution >= 4 is 35.1 Å². The number of carbonyl (C=O) groups excluding carboxylic acids is 1. The summed E-state index contributed by atoms with van der Waals surface area (Å²) in [7, 11) is 5.24. The van der Waals surface area contributed by atoms with Gasteiger partial charge < -0.3 is 14.6 Å². The first-order valence-corrected chi connectivity index (χ1v) is 7.87. The minimum atomic E-state index is -0.0865. The lowest BCUT2D eigenvalue weighted by Crippen LogP contribution is -2.23. The maximum absolute atomic E-state index is 12.4. The molecule has 1 aromatic carbocycles. The van der Waals surface area contributed by atoms with Gasteiger partial charge in [0.05, 0.1) is 23.4 Å². The third kappa shape index (κ3) is 3.97. The number of halogens is 1. The molecule has 2 N–H and O–H groups in total. The maximum Gasteiger partial charge on any atom is 0.255 e. The second kappa shape index (κ2) is 7.58. The highest BCUT2D eigenvalue weighted by atomic mass is 35.5. The summed E-state index contributed by atoms with van der Waals surface area (Å²) in [5.41, 5.74) is 1.25. The van der Waals surface area contributed by atoms with Crippen LogP contribution in [0.3, 0.4) is 0 Å². The van der Waals surface area contributed by atoms with E-state index >= 15 is 0 Å². The van der Waals surface area contributed by atoms with Crippen LogP contribution in [-0.2, 0) is 6.54 Å². The first-order chi connectivity index (χ1) is 10.5. The standard InChI is InChI=1S/C15H18ClN3O2S/c1-17-22-14-7-11(15(20)19(2)3)13(8-12(14)16)18-9-10-5-4-6-21-10/h4-8,17-18H,9H2,1-3H3. The number of hydrogen-bond donors (Lipinski definition) is 2. The number of furan rings is 1. The lowest BCUT2D eigenvalue weighted by atomic mass is 10.1. The molecular weight excluding hydrogens is 322 g/mol. The van der Waals surface area contributed by atoms with Gasteiger partial charge in [-0.15, -0.1) is 0 Å². The second-order valence-corrected chi connectivity index (χ2v) is 6.23. The van der Waals surface area contributed by atoms with Crippen LogP contribution in [0, 0.1) is 0 Å². The Bertz CT molecular complexity index is 644. The minimum Gasteiger partial charge on any atom is -0.467 e. The van der Waals surface area contributed by atoms with Gasteiger partial charge in [0.25, 0.3) is 5.91 Å². The average molecular weight is 340 g/mol. The van der Waals surface area contributed by atoms with Gasteiger partial charge in [-0.25, -0.2) is 0 Å². The van der Waals surface area contributed by atoms with Gasteiger partial charge in [0.2, 0.25) is 0 Å². The van der Waals surface area contributed by atoms with Gasteiger partial charge in [-0.2, -0.15) is 0 Å². The lowest BCUT2D eigenvalue weighted by molar-refractivity contribution is 0.0828. The number of rotatable bonds is 6. The van der Waals surface area contributed by atoms with Gasteiger partial charge in [0.1, 0.15) is 5.76 Å². The molecule has 1 amide bonds. The van der Waals surface area contributed by atoms with Crippen LogP contribution in [0.1, 0.15) is 16.1 Å². The molecule has 7 heteroatoms. The molecule has 2 aromatic rings. The van der Waals surface area contributed by atoms with Crippen LogP contribution < -0.4 is 10.0 Å². The first-order valence-electron chi connectivity index (χ1n) is 6.68. The zero-order valence-corrected chi connectivity index (χ0v) is 14.2. The Balaban J connectivity index is 2.32. The summed E-state index contributed by atoms with van der Waals surface area (Å²) in [5, 5.41) is 3.79. The Morgan fingerprint density at radius 3 is 2.77 bits per heavy atom. The van der Waals surface area contributed by atoms with Crippen molar-refractivity contribution in [3.63, 3.8) is 0 Å². The third-order valence-corrected chi connectivity index (χ3v) is 4.14. The van der Waals surface area contributed by atoms with E-state index in [0.717, 1.165) is 10.7 Å². The summed E-state index contributed by atoms with van der Waals surface area (Å²) in [6.45, 7) is 0.482. The average Bonchev–Trinajstić information content (AvgIpc) is 3.00. The van der Waals surface area contributed by atoms with Crippen molar-refractivity contribution in [2.24, 2.45) is 0 Å². The molecule has 2 rings (SSSR count). The normalized spacial score (nSPS) is 10.5. The van der Waals surface area contributed by atoms with Crippen molar-refractivity contribution in [1.82, 2.24) is 9.62 Å². The topological polar surface area (TPSA) is 57.5 Å². The molecule has 0 saturated carbocycles. The fourth-order valence-electron chi connectivity index (χ4n) is 1.90. The van der Waals surface area contributed by atoms with Crippen LogP contribution in [0.4, 0.5) is 5.69 Å². The Kier molecular flexibility index (Phi) is 5.76. The summed E-state index contributed by atoms with van der Waals surface area (Å²) in [6, 6.07) is 7.24. The molecule has 1 aromatic heterocycles. The molecule has 1 heterocycles. The van der Waals surface area contributed by atoms with Gasteiger partial charge in [0.15, 0.2) is 0 Å². The predicted molar refractivity (Wildman–Crippen MR) is 90.4 cm³/mol. The Morgan fingerprint density at radius 1 is 1.41 bits per heavy atom. The van der Waals surface area contributed by atoms with Crippen molar-refractivity contribution in [3.8, 4) is 0 Å². The SMILES string of the molecule is CNSc1cc(C(=O)N(C)C)c(NCc2ccco2)cc1Cl. The van der Waals surface area contributed by atoms with Crippen LogP contribution in [0.15, 0.2) is 39.8 Å². The highest BCUT2D eigenvalue weighted by molar-refractivity contribution is 7.97. The minimum absolute atomic E-state index is 0.0865. The fourth-order valence-corrected chi connectivity index (χ4v) is 2.73. The predicted octanol–water partition coefficient (Wildman–Crippen LogP) is 3.47. The van der Waals surface area contributed by atoms with Crippen LogP contribution in [0.25, 0.3) is 0 Å². The van der Waals surface area contributed by atoms with Gasteiger partial charge in [-0.1, -0.05) is 11.6 Å². The largest absolute Gasteiger partial charge is 0.467 e. The molecule has 0 spiro atoms. The Hall–Kier alpha value is -1.63. The van der Waals surface area contributed by atoms with Crippen molar-refractivity contribution < 1.29 is 9.21 Å². The number of carbonyl (C=O) groups is 1. The van der Waals surface area contributed by atoms with E-state index < -0.39 is 0 Å². The molecule has 0 fully saturated rings. The molecule has 0 aliphatic heterocycles. The van der Waals surface area contributed by atoms with Gasteiger partial charge in [-0.3, -0.25) is 9.52 Å². The molecule has 0 radical (unpaired) electrons. The molecule has 22 heavy (non-hydrogen) atoms. The van der Waals surface area contributed by atoms with E-state index in [1.54, 1.807) is 39.5 Å². The summed E-state index contributed by atoms with van der Waals surface area (Å²) >= 11 is 7.65. The smallest absolute Gasteiger partial charge is 0.255 e. The van der Waals surface area contributed by atoms with Gasteiger partial charge in [-0.05, 0) is 43.3 Å². The van der Waals surface area contributed by atoms with Crippen molar-refractivity contribution in [2.75, 3.05) is 26.5 Å². The number of amides is 1.